The van der Waals surface area contributed by atoms with Crippen LogP contribution in [0.25, 0.3) is 0 Å². The van der Waals surface area contributed by atoms with Gasteiger partial charge in [-0.1, -0.05) is 18.2 Å². The molecule has 0 bridgehead atoms. The molecule has 0 saturated heterocycles. The van der Waals surface area contributed by atoms with Crippen LogP contribution in [0.5, 0.6) is 0 Å². The number of nitrogens with zero attached hydrogens (tertiary/aromatic N) is 1. The maximum absolute atomic E-state index is 9.42. The Morgan fingerprint density at radius 2 is 2.17 bits per heavy atom. The van der Waals surface area contributed by atoms with E-state index in [0.29, 0.717) is 0 Å². The zero-order chi connectivity index (χ0) is 8.55. The Labute approximate surface area is 72.4 Å². The van der Waals surface area contributed by atoms with Crippen LogP contribution >= 0.6 is 0 Å². The van der Waals surface area contributed by atoms with Gasteiger partial charge in [-0.2, -0.15) is 0 Å². The minimum Gasteiger partial charge on any atom is -0.374 e. The molecular weight excluding hydrogens is 150 g/mol. The van der Waals surface area contributed by atoms with E-state index in [0.717, 1.165) is 13.0 Å². The van der Waals surface area contributed by atoms with Gasteiger partial charge in [0.1, 0.15) is 6.23 Å². The molecular formula is C10H13NO. The van der Waals surface area contributed by atoms with E-state index in [1.807, 2.05) is 24.0 Å². The molecule has 0 aromatic heterocycles. The summed E-state index contributed by atoms with van der Waals surface area (Å²) in [6.07, 6.45) is 0.690. The summed E-state index contributed by atoms with van der Waals surface area (Å²) >= 11 is 0. The summed E-state index contributed by atoms with van der Waals surface area (Å²) in [5, 5.41) is 9.42. The van der Waals surface area contributed by atoms with Gasteiger partial charge in [0.25, 0.3) is 0 Å². The Balaban J connectivity index is 2.36. The standard InChI is InChI=1S/C10H13NO/c1-8(12)11-7-6-9-4-2-3-5-10(9)11/h2-5,8,12H,6-7H2,1H3. The van der Waals surface area contributed by atoms with Crippen molar-refractivity contribution in [2.24, 2.45) is 0 Å². The molecule has 1 aromatic carbocycles. The fourth-order valence-corrected chi connectivity index (χ4v) is 1.75. The summed E-state index contributed by atoms with van der Waals surface area (Å²) in [6.45, 7) is 2.75. The first-order chi connectivity index (χ1) is 5.79. The number of anilines is 1. The number of para-hydroxylation sites is 1. The summed E-state index contributed by atoms with van der Waals surface area (Å²) in [6, 6.07) is 8.25. The van der Waals surface area contributed by atoms with Crippen LogP contribution < -0.4 is 4.90 Å². The number of rotatable bonds is 1. The van der Waals surface area contributed by atoms with E-state index in [2.05, 4.69) is 12.1 Å². The minimum absolute atomic E-state index is 0.367. The zero-order valence-corrected chi connectivity index (χ0v) is 7.20. The number of aliphatic hydroxyl groups excluding tert-OH is 1. The molecule has 1 unspecified atom stereocenters. The van der Waals surface area contributed by atoms with Crippen LogP contribution in [0.15, 0.2) is 24.3 Å². The normalized spacial score (nSPS) is 17.7. The lowest BCUT2D eigenvalue weighted by atomic mass is 10.2. The molecule has 1 aromatic rings. The molecule has 2 nitrogen and oxygen atoms in total. The molecule has 1 aliphatic rings. The number of benzene rings is 1. The van der Waals surface area contributed by atoms with Gasteiger partial charge in [-0.05, 0) is 25.0 Å². The van der Waals surface area contributed by atoms with Crippen LogP contribution in [-0.4, -0.2) is 17.9 Å². The molecule has 0 fully saturated rings. The predicted octanol–water partition coefficient (Wildman–Crippen LogP) is 1.39. The third-order valence-electron chi connectivity index (χ3n) is 2.37. The third-order valence-corrected chi connectivity index (χ3v) is 2.37. The third kappa shape index (κ3) is 1.08. The second-order valence-electron chi connectivity index (χ2n) is 3.20. The lowest BCUT2D eigenvalue weighted by Crippen LogP contribution is -2.30. The van der Waals surface area contributed by atoms with Crippen molar-refractivity contribution in [3.05, 3.63) is 29.8 Å². The molecule has 0 aliphatic carbocycles. The summed E-state index contributed by atoms with van der Waals surface area (Å²) < 4.78 is 0. The first kappa shape index (κ1) is 7.62. The fraction of sp³-hybridized carbons (Fsp3) is 0.400. The molecule has 0 saturated carbocycles. The Hall–Kier alpha value is -1.02. The average molecular weight is 163 g/mol. The Bertz CT molecular complexity index is 283. The average Bonchev–Trinajstić information content (AvgIpc) is 2.47. The quantitative estimate of drug-likeness (QED) is 0.676. The van der Waals surface area contributed by atoms with Crippen LogP contribution in [0.2, 0.25) is 0 Å². The molecule has 2 heteroatoms. The van der Waals surface area contributed by atoms with Gasteiger partial charge in [0.15, 0.2) is 0 Å². The molecule has 0 spiro atoms. The lowest BCUT2D eigenvalue weighted by molar-refractivity contribution is 0.191. The van der Waals surface area contributed by atoms with E-state index in [4.69, 9.17) is 0 Å². The van der Waals surface area contributed by atoms with E-state index in [1.165, 1.54) is 11.3 Å². The highest BCUT2D eigenvalue weighted by atomic mass is 16.3. The number of fused-ring (bicyclic) bond motifs is 1. The van der Waals surface area contributed by atoms with E-state index >= 15 is 0 Å². The maximum Gasteiger partial charge on any atom is 0.124 e. The molecule has 1 aliphatic heterocycles. The highest BCUT2D eigenvalue weighted by Gasteiger charge is 2.20. The smallest absolute Gasteiger partial charge is 0.124 e. The van der Waals surface area contributed by atoms with Gasteiger partial charge in [0.2, 0.25) is 0 Å². The van der Waals surface area contributed by atoms with Crippen LogP contribution in [0.1, 0.15) is 12.5 Å². The van der Waals surface area contributed by atoms with E-state index in [1.54, 1.807) is 0 Å². The van der Waals surface area contributed by atoms with Crippen LogP contribution in [0.4, 0.5) is 5.69 Å². The summed E-state index contributed by atoms with van der Waals surface area (Å²) in [4.78, 5) is 2.02. The molecule has 1 atom stereocenters. The van der Waals surface area contributed by atoms with Gasteiger partial charge in [-0.3, -0.25) is 0 Å². The number of aliphatic hydroxyl groups is 1. The second kappa shape index (κ2) is 2.79. The molecule has 1 N–H and O–H groups in total. The molecule has 0 radical (unpaired) electrons. The highest BCUT2D eigenvalue weighted by molar-refractivity contribution is 5.57. The molecule has 0 amide bonds. The molecule has 12 heavy (non-hydrogen) atoms. The van der Waals surface area contributed by atoms with Crippen LogP contribution in [-0.2, 0) is 6.42 Å². The van der Waals surface area contributed by atoms with Gasteiger partial charge in [-0.15, -0.1) is 0 Å². The van der Waals surface area contributed by atoms with Crippen molar-refractivity contribution in [2.45, 2.75) is 19.6 Å². The highest BCUT2D eigenvalue weighted by Crippen LogP contribution is 2.28. The monoisotopic (exact) mass is 163 g/mol. The van der Waals surface area contributed by atoms with Crippen molar-refractivity contribution in [3.63, 3.8) is 0 Å². The van der Waals surface area contributed by atoms with E-state index < -0.39 is 0 Å². The molecule has 64 valence electrons. The van der Waals surface area contributed by atoms with Crippen molar-refractivity contribution in [1.29, 1.82) is 0 Å². The van der Waals surface area contributed by atoms with E-state index in [-0.39, 0.29) is 6.23 Å². The van der Waals surface area contributed by atoms with Gasteiger partial charge in [-0.25, -0.2) is 0 Å². The summed E-state index contributed by atoms with van der Waals surface area (Å²) in [5.74, 6) is 0. The van der Waals surface area contributed by atoms with Crippen molar-refractivity contribution in [3.8, 4) is 0 Å². The van der Waals surface area contributed by atoms with Crippen molar-refractivity contribution in [1.82, 2.24) is 0 Å². The topological polar surface area (TPSA) is 23.5 Å². The first-order valence-corrected chi connectivity index (χ1v) is 4.31. The number of hydrogen-bond acceptors (Lipinski definition) is 2. The predicted molar refractivity (Wildman–Crippen MR) is 49.2 cm³/mol. The minimum atomic E-state index is -0.367. The van der Waals surface area contributed by atoms with Crippen molar-refractivity contribution < 1.29 is 5.11 Å². The largest absolute Gasteiger partial charge is 0.374 e. The van der Waals surface area contributed by atoms with Gasteiger partial charge >= 0.3 is 0 Å². The molecule has 2 rings (SSSR count). The fourth-order valence-electron chi connectivity index (χ4n) is 1.75. The maximum atomic E-state index is 9.42. The molecule has 1 heterocycles. The lowest BCUT2D eigenvalue weighted by Gasteiger charge is -2.22. The number of hydrogen-bond donors (Lipinski definition) is 1. The van der Waals surface area contributed by atoms with Gasteiger partial charge < -0.3 is 10.0 Å². The summed E-state index contributed by atoms with van der Waals surface area (Å²) in [7, 11) is 0. The van der Waals surface area contributed by atoms with Crippen LogP contribution in [0, 0.1) is 0 Å². The SMILES string of the molecule is CC(O)N1CCc2ccccc21. The Morgan fingerprint density at radius 3 is 2.92 bits per heavy atom. The summed E-state index contributed by atoms with van der Waals surface area (Å²) in [5.41, 5.74) is 2.53. The van der Waals surface area contributed by atoms with E-state index in [9.17, 15) is 5.11 Å². The van der Waals surface area contributed by atoms with Crippen molar-refractivity contribution in [2.75, 3.05) is 11.4 Å². The van der Waals surface area contributed by atoms with Crippen LogP contribution in [0.3, 0.4) is 0 Å². The Morgan fingerprint density at radius 1 is 1.42 bits per heavy atom. The Kier molecular flexibility index (Phi) is 1.77. The van der Waals surface area contributed by atoms with Gasteiger partial charge in [0.05, 0.1) is 0 Å². The first-order valence-electron chi connectivity index (χ1n) is 4.31. The zero-order valence-electron chi connectivity index (χ0n) is 7.20. The van der Waals surface area contributed by atoms with Crippen molar-refractivity contribution >= 4 is 5.69 Å². The second-order valence-corrected chi connectivity index (χ2v) is 3.20. The van der Waals surface area contributed by atoms with Gasteiger partial charge in [0, 0.05) is 12.2 Å².